The molecule has 98 valence electrons. The molecular weight excluding hydrogens is 206 g/mol. The van der Waals surface area contributed by atoms with Crippen molar-refractivity contribution in [3.63, 3.8) is 0 Å². The number of unbranched alkanes of at least 4 members (excludes halogenated alkanes) is 1. The molecule has 0 aromatic heterocycles. The molecule has 1 aliphatic rings. The Morgan fingerprint density at radius 2 is 2.24 bits per heavy atom. The topological polar surface area (TPSA) is 12.0 Å². The van der Waals surface area contributed by atoms with Gasteiger partial charge in [0.25, 0.3) is 0 Å². The lowest BCUT2D eigenvalue weighted by atomic mass is 9.76. The van der Waals surface area contributed by atoms with Gasteiger partial charge in [-0.05, 0) is 50.0 Å². The highest BCUT2D eigenvalue weighted by Crippen LogP contribution is 2.45. The van der Waals surface area contributed by atoms with Gasteiger partial charge in [0.05, 0.1) is 0 Å². The second-order valence-electron chi connectivity index (χ2n) is 6.14. The molecule has 1 fully saturated rings. The van der Waals surface area contributed by atoms with Crippen LogP contribution in [-0.2, 0) is 0 Å². The van der Waals surface area contributed by atoms with Crippen molar-refractivity contribution in [2.45, 2.75) is 71.8 Å². The Kier molecular flexibility index (Phi) is 6.06. The van der Waals surface area contributed by atoms with E-state index in [0.717, 1.165) is 18.9 Å². The fourth-order valence-corrected chi connectivity index (χ4v) is 3.30. The van der Waals surface area contributed by atoms with Crippen molar-refractivity contribution in [1.82, 2.24) is 5.32 Å². The van der Waals surface area contributed by atoms with Crippen LogP contribution in [0.5, 0.6) is 0 Å². The number of rotatable bonds is 7. The Morgan fingerprint density at radius 1 is 1.47 bits per heavy atom. The minimum atomic E-state index is 0.515. The van der Waals surface area contributed by atoms with Gasteiger partial charge >= 0.3 is 0 Å². The predicted molar refractivity (Wildman–Crippen MR) is 75.9 cm³/mol. The maximum atomic E-state index is 5.35. The lowest BCUT2D eigenvalue weighted by Gasteiger charge is -2.35. The fraction of sp³-hybridized carbons (Fsp3) is 0.875. The van der Waals surface area contributed by atoms with Crippen LogP contribution in [0.3, 0.4) is 0 Å². The molecule has 2 atom stereocenters. The third-order valence-corrected chi connectivity index (χ3v) is 4.32. The van der Waals surface area contributed by atoms with Gasteiger partial charge in [0.2, 0.25) is 0 Å². The second kappa shape index (κ2) is 7.07. The first-order valence-corrected chi connectivity index (χ1v) is 7.28. The molecular formula is C16H29N. The zero-order valence-electron chi connectivity index (χ0n) is 11.9. The summed E-state index contributed by atoms with van der Waals surface area (Å²) in [4.78, 5) is 0. The van der Waals surface area contributed by atoms with Gasteiger partial charge in [0, 0.05) is 12.5 Å². The molecule has 0 radical (unpaired) electrons. The molecule has 2 unspecified atom stereocenters. The summed E-state index contributed by atoms with van der Waals surface area (Å²) in [5, 5.41) is 3.76. The predicted octanol–water partition coefficient (Wildman–Crippen LogP) is 3.98. The van der Waals surface area contributed by atoms with Crippen LogP contribution in [0.1, 0.15) is 65.7 Å². The van der Waals surface area contributed by atoms with Gasteiger partial charge in [-0.2, -0.15) is 0 Å². The van der Waals surface area contributed by atoms with Gasteiger partial charge in [0.15, 0.2) is 0 Å². The van der Waals surface area contributed by atoms with Crippen molar-refractivity contribution >= 4 is 0 Å². The van der Waals surface area contributed by atoms with E-state index < -0.39 is 0 Å². The Bertz CT molecular complexity index is 249. The van der Waals surface area contributed by atoms with E-state index in [9.17, 15) is 0 Å². The third-order valence-electron chi connectivity index (χ3n) is 4.32. The van der Waals surface area contributed by atoms with E-state index in [-0.39, 0.29) is 0 Å². The Morgan fingerprint density at radius 3 is 2.76 bits per heavy atom. The number of hydrogen-bond donors (Lipinski definition) is 1. The third kappa shape index (κ3) is 4.36. The van der Waals surface area contributed by atoms with Gasteiger partial charge in [0.1, 0.15) is 0 Å². The summed E-state index contributed by atoms with van der Waals surface area (Å²) < 4.78 is 0. The largest absolute Gasteiger partial charge is 0.314 e. The standard InChI is InChI=1S/C16H29N/c1-5-7-8-11-15(17-13-6-2)14-10-9-12-16(14,3)4/h1,14-15,17H,6-13H2,2-4H3. The molecule has 1 saturated carbocycles. The van der Waals surface area contributed by atoms with Crippen LogP contribution in [-0.4, -0.2) is 12.6 Å². The van der Waals surface area contributed by atoms with Crippen LogP contribution in [0.15, 0.2) is 0 Å². The summed E-state index contributed by atoms with van der Waals surface area (Å²) in [6.45, 7) is 8.26. The summed E-state index contributed by atoms with van der Waals surface area (Å²) in [5.41, 5.74) is 0.515. The van der Waals surface area contributed by atoms with E-state index in [1.54, 1.807) is 0 Å². The van der Waals surface area contributed by atoms with Crippen LogP contribution in [0.25, 0.3) is 0 Å². The van der Waals surface area contributed by atoms with Gasteiger partial charge in [-0.15, -0.1) is 12.3 Å². The highest BCUT2D eigenvalue weighted by molar-refractivity contribution is 4.93. The lowest BCUT2D eigenvalue weighted by molar-refractivity contribution is 0.188. The highest BCUT2D eigenvalue weighted by Gasteiger charge is 2.38. The quantitative estimate of drug-likeness (QED) is 0.520. The molecule has 1 N–H and O–H groups in total. The van der Waals surface area contributed by atoms with E-state index in [2.05, 4.69) is 32.0 Å². The molecule has 0 aliphatic heterocycles. The molecule has 1 rings (SSSR count). The molecule has 1 nitrogen and oxygen atoms in total. The molecule has 0 amide bonds. The number of terminal acetylenes is 1. The maximum absolute atomic E-state index is 5.35. The molecule has 0 spiro atoms. The minimum absolute atomic E-state index is 0.515. The smallest absolute Gasteiger partial charge is 0.0101 e. The summed E-state index contributed by atoms with van der Waals surface area (Å²) in [5.74, 6) is 3.60. The van der Waals surface area contributed by atoms with Crippen molar-refractivity contribution in [1.29, 1.82) is 0 Å². The Labute approximate surface area is 108 Å². The zero-order valence-corrected chi connectivity index (χ0v) is 11.9. The van der Waals surface area contributed by atoms with Crippen molar-refractivity contribution < 1.29 is 0 Å². The SMILES string of the molecule is C#CCCCC(NCCC)C1CCCC1(C)C. The molecule has 17 heavy (non-hydrogen) atoms. The van der Waals surface area contributed by atoms with Crippen molar-refractivity contribution in [2.75, 3.05) is 6.54 Å². The van der Waals surface area contributed by atoms with Gasteiger partial charge in [-0.3, -0.25) is 0 Å². The minimum Gasteiger partial charge on any atom is -0.314 e. The van der Waals surface area contributed by atoms with Gasteiger partial charge in [-0.1, -0.05) is 27.2 Å². The zero-order chi connectivity index (χ0) is 12.7. The molecule has 0 aromatic rings. The summed E-state index contributed by atoms with van der Waals surface area (Å²) >= 11 is 0. The van der Waals surface area contributed by atoms with Gasteiger partial charge < -0.3 is 5.32 Å². The van der Waals surface area contributed by atoms with E-state index in [0.29, 0.717) is 11.5 Å². The molecule has 1 aliphatic carbocycles. The van der Waals surface area contributed by atoms with E-state index in [4.69, 9.17) is 6.42 Å². The first-order valence-electron chi connectivity index (χ1n) is 7.28. The van der Waals surface area contributed by atoms with Crippen molar-refractivity contribution in [3.8, 4) is 12.3 Å². The average Bonchev–Trinajstić information content (AvgIpc) is 2.63. The Hall–Kier alpha value is -0.480. The first kappa shape index (κ1) is 14.6. The lowest BCUT2D eigenvalue weighted by Crippen LogP contribution is -2.41. The summed E-state index contributed by atoms with van der Waals surface area (Å²) in [6, 6.07) is 0.681. The fourth-order valence-electron chi connectivity index (χ4n) is 3.30. The molecule has 0 aromatic carbocycles. The second-order valence-corrected chi connectivity index (χ2v) is 6.14. The average molecular weight is 235 g/mol. The van der Waals surface area contributed by atoms with Crippen LogP contribution in [0.4, 0.5) is 0 Å². The first-order chi connectivity index (χ1) is 8.11. The summed E-state index contributed by atoms with van der Waals surface area (Å²) in [6.07, 6.45) is 14.1. The highest BCUT2D eigenvalue weighted by atomic mass is 14.9. The molecule has 0 bridgehead atoms. The van der Waals surface area contributed by atoms with E-state index in [1.807, 2.05) is 0 Å². The molecule has 0 heterocycles. The van der Waals surface area contributed by atoms with Crippen LogP contribution in [0, 0.1) is 23.7 Å². The monoisotopic (exact) mass is 235 g/mol. The normalized spacial score (nSPS) is 24.5. The number of hydrogen-bond acceptors (Lipinski definition) is 1. The van der Waals surface area contributed by atoms with E-state index >= 15 is 0 Å². The van der Waals surface area contributed by atoms with Crippen molar-refractivity contribution in [3.05, 3.63) is 0 Å². The van der Waals surface area contributed by atoms with Crippen LogP contribution < -0.4 is 5.32 Å². The molecule has 1 heteroatoms. The Balaban J connectivity index is 2.52. The maximum Gasteiger partial charge on any atom is 0.0101 e. The van der Waals surface area contributed by atoms with Crippen LogP contribution in [0.2, 0.25) is 0 Å². The summed E-state index contributed by atoms with van der Waals surface area (Å²) in [7, 11) is 0. The van der Waals surface area contributed by atoms with Crippen LogP contribution >= 0.6 is 0 Å². The molecule has 0 saturated heterocycles. The van der Waals surface area contributed by atoms with Gasteiger partial charge in [-0.25, -0.2) is 0 Å². The van der Waals surface area contributed by atoms with E-state index in [1.165, 1.54) is 38.5 Å². The van der Waals surface area contributed by atoms with Crippen molar-refractivity contribution in [2.24, 2.45) is 11.3 Å². The number of nitrogens with one attached hydrogen (secondary N) is 1.